The molecule has 0 rings (SSSR count). The van der Waals surface area contributed by atoms with Crippen molar-refractivity contribution in [3.8, 4) is 6.07 Å². The highest BCUT2D eigenvalue weighted by Crippen LogP contribution is 1.92. The van der Waals surface area contributed by atoms with Crippen LogP contribution in [-0.2, 0) is 9.53 Å². The number of likely N-dealkylation sites (N-methyl/N-ethyl adjacent to an activating group) is 1. The van der Waals surface area contributed by atoms with Crippen molar-refractivity contribution in [1.29, 1.82) is 5.26 Å². The molecule has 0 radical (unpaired) electrons. The van der Waals surface area contributed by atoms with E-state index in [9.17, 15) is 4.79 Å². The number of nitrogens with two attached hydrogens (primary N) is 1. The van der Waals surface area contributed by atoms with Crippen LogP contribution in [0.5, 0.6) is 0 Å². The van der Waals surface area contributed by atoms with E-state index in [1.807, 2.05) is 13.0 Å². The van der Waals surface area contributed by atoms with Crippen LogP contribution in [0.25, 0.3) is 0 Å². The van der Waals surface area contributed by atoms with Gasteiger partial charge in [0.25, 0.3) is 0 Å². The highest BCUT2D eigenvalue weighted by atomic mass is 16.5. The molecule has 5 heteroatoms. The first-order valence-corrected chi connectivity index (χ1v) is 4.68. The Morgan fingerprint density at radius 2 is 2.36 bits per heavy atom. The molecule has 0 atom stereocenters. The van der Waals surface area contributed by atoms with E-state index < -0.39 is 0 Å². The van der Waals surface area contributed by atoms with Gasteiger partial charge in [-0.15, -0.1) is 0 Å². The normalized spacial score (nSPS) is 9.50. The highest BCUT2D eigenvalue weighted by Gasteiger charge is 2.10. The van der Waals surface area contributed by atoms with Crippen LogP contribution in [0.2, 0.25) is 0 Å². The summed E-state index contributed by atoms with van der Waals surface area (Å²) in [6, 6.07) is 2.00. The number of nitriles is 1. The predicted molar refractivity (Wildman–Crippen MR) is 52.4 cm³/mol. The Morgan fingerprint density at radius 1 is 1.64 bits per heavy atom. The summed E-state index contributed by atoms with van der Waals surface area (Å²) in [5, 5.41) is 8.37. The van der Waals surface area contributed by atoms with Gasteiger partial charge in [-0.2, -0.15) is 5.26 Å². The lowest BCUT2D eigenvalue weighted by atomic mass is 10.4. The van der Waals surface area contributed by atoms with Crippen LogP contribution in [0.1, 0.15) is 13.3 Å². The minimum atomic E-state index is -0.0869. The quantitative estimate of drug-likeness (QED) is 0.572. The van der Waals surface area contributed by atoms with Crippen molar-refractivity contribution in [3.63, 3.8) is 0 Å². The molecule has 0 heterocycles. The Balaban J connectivity index is 3.74. The summed E-state index contributed by atoms with van der Waals surface area (Å²) in [4.78, 5) is 13.0. The number of carbonyl (C=O) groups excluding carboxylic acids is 1. The third-order valence-electron chi connectivity index (χ3n) is 1.72. The van der Waals surface area contributed by atoms with Gasteiger partial charge in [0, 0.05) is 19.6 Å². The van der Waals surface area contributed by atoms with E-state index in [2.05, 4.69) is 0 Å². The van der Waals surface area contributed by atoms with Gasteiger partial charge in [-0.25, -0.2) is 0 Å². The maximum absolute atomic E-state index is 11.4. The lowest BCUT2D eigenvalue weighted by Gasteiger charge is -2.19. The van der Waals surface area contributed by atoms with E-state index >= 15 is 0 Å². The first-order chi connectivity index (χ1) is 6.76. The van der Waals surface area contributed by atoms with Crippen molar-refractivity contribution in [2.45, 2.75) is 13.3 Å². The number of rotatable bonds is 7. The standard InChI is InChI=1S/C9H17N3O2/c1-2-12(6-3-4-10)9(13)8-14-7-5-11/h2-3,5-8,11H2,1H3. The molecule has 0 bridgehead atoms. The Bertz CT molecular complexity index is 201. The lowest BCUT2D eigenvalue weighted by Crippen LogP contribution is -2.35. The number of hydrogen-bond acceptors (Lipinski definition) is 4. The van der Waals surface area contributed by atoms with Crippen molar-refractivity contribution in [2.75, 3.05) is 32.8 Å². The zero-order chi connectivity index (χ0) is 10.8. The predicted octanol–water partition coefficient (Wildman–Crippen LogP) is -0.276. The van der Waals surface area contributed by atoms with Gasteiger partial charge in [-0.1, -0.05) is 0 Å². The Kier molecular flexibility index (Phi) is 7.80. The summed E-state index contributed by atoms with van der Waals surface area (Å²) < 4.78 is 5.01. The van der Waals surface area contributed by atoms with Gasteiger partial charge in [0.05, 0.1) is 19.1 Å². The van der Waals surface area contributed by atoms with Gasteiger partial charge in [0.1, 0.15) is 6.61 Å². The first kappa shape index (κ1) is 12.9. The maximum Gasteiger partial charge on any atom is 0.248 e. The van der Waals surface area contributed by atoms with E-state index in [4.69, 9.17) is 15.7 Å². The molecule has 0 unspecified atom stereocenters. The Hall–Kier alpha value is -1.12. The molecular weight excluding hydrogens is 182 g/mol. The molecule has 5 nitrogen and oxygen atoms in total. The average Bonchev–Trinajstić information content (AvgIpc) is 2.19. The minimum Gasteiger partial charge on any atom is -0.370 e. The summed E-state index contributed by atoms with van der Waals surface area (Å²) >= 11 is 0. The topological polar surface area (TPSA) is 79.3 Å². The van der Waals surface area contributed by atoms with Gasteiger partial charge in [-0.05, 0) is 6.92 Å². The van der Waals surface area contributed by atoms with Crippen LogP contribution in [0, 0.1) is 11.3 Å². The number of carbonyl (C=O) groups is 1. The van der Waals surface area contributed by atoms with Crippen molar-refractivity contribution >= 4 is 5.91 Å². The highest BCUT2D eigenvalue weighted by molar-refractivity contribution is 5.77. The van der Waals surface area contributed by atoms with Crippen LogP contribution in [0.4, 0.5) is 0 Å². The molecule has 0 saturated carbocycles. The second-order valence-corrected chi connectivity index (χ2v) is 2.72. The van der Waals surface area contributed by atoms with Crippen LogP contribution >= 0.6 is 0 Å². The summed E-state index contributed by atoms with van der Waals surface area (Å²) in [6.45, 7) is 3.80. The third kappa shape index (κ3) is 5.51. The summed E-state index contributed by atoms with van der Waals surface area (Å²) in [5.74, 6) is -0.0869. The Morgan fingerprint density at radius 3 is 2.86 bits per heavy atom. The van der Waals surface area contributed by atoms with Crippen LogP contribution in [0.15, 0.2) is 0 Å². The summed E-state index contributed by atoms with van der Waals surface area (Å²) in [7, 11) is 0. The molecule has 14 heavy (non-hydrogen) atoms. The van der Waals surface area contributed by atoms with Crippen LogP contribution in [0.3, 0.4) is 0 Å². The smallest absolute Gasteiger partial charge is 0.248 e. The van der Waals surface area contributed by atoms with Crippen molar-refractivity contribution < 1.29 is 9.53 Å². The maximum atomic E-state index is 11.4. The monoisotopic (exact) mass is 199 g/mol. The lowest BCUT2D eigenvalue weighted by molar-refractivity contribution is -0.135. The molecule has 0 aliphatic rings. The van der Waals surface area contributed by atoms with Crippen molar-refractivity contribution in [2.24, 2.45) is 5.73 Å². The Labute approximate surface area is 84.4 Å². The summed E-state index contributed by atoms with van der Waals surface area (Å²) in [6.07, 6.45) is 0.358. The second kappa shape index (κ2) is 8.48. The molecular formula is C9H17N3O2. The van der Waals surface area contributed by atoms with Crippen molar-refractivity contribution in [3.05, 3.63) is 0 Å². The zero-order valence-corrected chi connectivity index (χ0v) is 8.53. The fourth-order valence-corrected chi connectivity index (χ4v) is 0.978. The van der Waals surface area contributed by atoms with Gasteiger partial charge in [-0.3, -0.25) is 4.79 Å². The molecule has 1 amide bonds. The first-order valence-electron chi connectivity index (χ1n) is 4.68. The largest absolute Gasteiger partial charge is 0.370 e. The molecule has 0 aliphatic heterocycles. The van der Waals surface area contributed by atoms with Gasteiger partial charge in [0.15, 0.2) is 0 Å². The van der Waals surface area contributed by atoms with Gasteiger partial charge in [0.2, 0.25) is 5.91 Å². The fraction of sp³-hybridized carbons (Fsp3) is 0.778. The number of hydrogen-bond donors (Lipinski definition) is 1. The van der Waals surface area contributed by atoms with E-state index in [1.54, 1.807) is 4.90 Å². The third-order valence-corrected chi connectivity index (χ3v) is 1.72. The molecule has 80 valence electrons. The number of nitrogens with zero attached hydrogens (tertiary/aromatic N) is 2. The molecule has 0 aliphatic carbocycles. The van der Waals surface area contributed by atoms with E-state index in [-0.39, 0.29) is 12.5 Å². The fourth-order valence-electron chi connectivity index (χ4n) is 0.978. The average molecular weight is 199 g/mol. The number of ether oxygens (including phenoxy) is 1. The molecule has 0 fully saturated rings. The second-order valence-electron chi connectivity index (χ2n) is 2.72. The van der Waals surface area contributed by atoms with Gasteiger partial charge >= 0.3 is 0 Å². The molecule has 0 saturated heterocycles. The number of amides is 1. The molecule has 0 aromatic heterocycles. The van der Waals surface area contributed by atoms with E-state index in [1.165, 1.54) is 0 Å². The van der Waals surface area contributed by atoms with Crippen molar-refractivity contribution in [1.82, 2.24) is 4.90 Å². The molecule has 2 N–H and O–H groups in total. The van der Waals surface area contributed by atoms with Crippen LogP contribution in [-0.4, -0.2) is 43.7 Å². The molecule has 0 spiro atoms. The van der Waals surface area contributed by atoms with E-state index in [0.29, 0.717) is 32.7 Å². The van der Waals surface area contributed by atoms with Gasteiger partial charge < -0.3 is 15.4 Å². The molecule has 0 aromatic rings. The zero-order valence-electron chi connectivity index (χ0n) is 8.53. The summed E-state index contributed by atoms with van der Waals surface area (Å²) in [5.41, 5.74) is 5.21. The van der Waals surface area contributed by atoms with E-state index in [0.717, 1.165) is 0 Å². The SMILES string of the molecule is CCN(CCC#N)C(=O)COCCN. The molecule has 0 aromatic carbocycles. The van der Waals surface area contributed by atoms with Crippen LogP contribution < -0.4 is 5.73 Å². The minimum absolute atomic E-state index is 0.0521.